The summed E-state index contributed by atoms with van der Waals surface area (Å²) < 4.78 is 6.86. The monoisotopic (exact) mass is 418 g/mol. The Morgan fingerprint density at radius 1 is 1.03 bits per heavy atom. The van der Waals surface area contributed by atoms with Crippen molar-refractivity contribution in [3.8, 4) is 22.8 Å². The van der Waals surface area contributed by atoms with Crippen LogP contribution in [0.15, 0.2) is 72.8 Å². The molecule has 1 amide bonds. The molecule has 0 aliphatic rings. The van der Waals surface area contributed by atoms with E-state index < -0.39 is 0 Å². The predicted molar refractivity (Wildman–Crippen MR) is 117 cm³/mol. The molecule has 0 unspecified atom stereocenters. The minimum atomic E-state index is -0.386. The van der Waals surface area contributed by atoms with E-state index in [1.807, 2.05) is 67.6 Å². The van der Waals surface area contributed by atoms with E-state index in [4.69, 9.17) is 16.3 Å². The average molecular weight is 419 g/mol. The number of hydrogen-bond acceptors (Lipinski definition) is 4. The maximum Gasteiger partial charge on any atom is 0.295 e. The number of halogens is 1. The van der Waals surface area contributed by atoms with Gasteiger partial charge < -0.3 is 10.1 Å². The van der Waals surface area contributed by atoms with Crippen molar-refractivity contribution >= 4 is 23.2 Å². The second kappa shape index (κ2) is 8.39. The van der Waals surface area contributed by atoms with Crippen molar-refractivity contribution in [2.45, 2.75) is 6.92 Å². The first-order chi connectivity index (χ1) is 14.5. The lowest BCUT2D eigenvalue weighted by Gasteiger charge is -2.07. The smallest absolute Gasteiger partial charge is 0.295 e. The van der Waals surface area contributed by atoms with Crippen LogP contribution in [0.1, 0.15) is 16.2 Å². The highest BCUT2D eigenvalue weighted by molar-refractivity contribution is 6.30. The summed E-state index contributed by atoms with van der Waals surface area (Å²) in [4.78, 5) is 17.3. The molecule has 0 aliphatic heterocycles. The number of hydrogen-bond donors (Lipinski definition) is 1. The highest BCUT2D eigenvalue weighted by Gasteiger charge is 2.19. The minimum absolute atomic E-state index is 0.0669. The van der Waals surface area contributed by atoms with E-state index in [0.717, 1.165) is 22.6 Å². The van der Waals surface area contributed by atoms with Gasteiger partial charge in [0.2, 0.25) is 5.82 Å². The molecular weight excluding hydrogens is 400 g/mol. The van der Waals surface area contributed by atoms with Crippen molar-refractivity contribution in [3.05, 3.63) is 89.2 Å². The normalized spacial score (nSPS) is 10.6. The Kier molecular flexibility index (Phi) is 5.50. The van der Waals surface area contributed by atoms with Gasteiger partial charge in [-0.25, -0.2) is 9.67 Å². The predicted octanol–water partition coefficient (Wildman–Crippen LogP) is 5.16. The van der Waals surface area contributed by atoms with E-state index in [0.29, 0.717) is 16.5 Å². The quantitative estimate of drug-likeness (QED) is 0.486. The van der Waals surface area contributed by atoms with E-state index in [2.05, 4.69) is 15.4 Å². The largest absolute Gasteiger partial charge is 0.497 e. The standard InChI is InChI=1S/C23H19ClN4O2/c1-15-4-3-5-18(14-15)25-23(29)21-26-22(16-6-8-17(24)9-7-16)28(27-21)19-10-12-20(30-2)13-11-19/h3-14H,1-2H3,(H,25,29). The molecule has 7 heteroatoms. The van der Waals surface area contributed by atoms with Gasteiger partial charge in [0.05, 0.1) is 12.8 Å². The van der Waals surface area contributed by atoms with Crippen LogP contribution >= 0.6 is 11.6 Å². The number of nitrogens with one attached hydrogen (secondary N) is 1. The summed E-state index contributed by atoms with van der Waals surface area (Å²) in [7, 11) is 1.61. The fraction of sp³-hybridized carbons (Fsp3) is 0.0870. The van der Waals surface area contributed by atoms with Crippen LogP contribution in [0.5, 0.6) is 5.75 Å². The van der Waals surface area contributed by atoms with Crippen LogP contribution < -0.4 is 10.1 Å². The van der Waals surface area contributed by atoms with Crippen LogP contribution in [0.4, 0.5) is 5.69 Å². The average Bonchev–Trinajstić information content (AvgIpc) is 3.20. The molecule has 0 bridgehead atoms. The van der Waals surface area contributed by atoms with Crippen LogP contribution in [-0.2, 0) is 0 Å². The van der Waals surface area contributed by atoms with Gasteiger partial charge in [-0.1, -0.05) is 23.7 Å². The summed E-state index contributed by atoms with van der Waals surface area (Å²) in [5, 5.41) is 7.94. The van der Waals surface area contributed by atoms with Gasteiger partial charge >= 0.3 is 0 Å². The third-order valence-corrected chi connectivity index (χ3v) is 4.76. The Hall–Kier alpha value is -3.64. The van der Waals surface area contributed by atoms with E-state index in [1.54, 1.807) is 23.9 Å². The maximum atomic E-state index is 12.8. The fourth-order valence-corrected chi connectivity index (χ4v) is 3.13. The summed E-state index contributed by atoms with van der Waals surface area (Å²) >= 11 is 6.03. The molecule has 4 aromatic rings. The molecular formula is C23H19ClN4O2. The van der Waals surface area contributed by atoms with Gasteiger partial charge in [0.1, 0.15) is 5.75 Å². The molecule has 6 nitrogen and oxygen atoms in total. The number of carbonyl (C=O) groups is 1. The molecule has 4 rings (SSSR count). The summed E-state index contributed by atoms with van der Waals surface area (Å²) in [6.07, 6.45) is 0. The molecule has 0 atom stereocenters. The molecule has 0 aliphatic carbocycles. The number of methoxy groups -OCH3 is 1. The summed E-state index contributed by atoms with van der Waals surface area (Å²) in [5.41, 5.74) is 3.28. The molecule has 150 valence electrons. The molecule has 1 heterocycles. The number of amides is 1. The SMILES string of the molecule is COc1ccc(-n2nc(C(=O)Nc3cccc(C)c3)nc2-c2ccc(Cl)cc2)cc1. The number of benzene rings is 3. The molecule has 1 N–H and O–H groups in total. The molecule has 0 saturated carbocycles. The zero-order chi connectivity index (χ0) is 21.1. The second-order valence-corrected chi connectivity index (χ2v) is 7.14. The number of aromatic nitrogens is 3. The topological polar surface area (TPSA) is 69.0 Å². The summed E-state index contributed by atoms with van der Waals surface area (Å²) in [5.74, 6) is 0.941. The van der Waals surface area contributed by atoms with Crippen LogP contribution in [-0.4, -0.2) is 27.8 Å². The minimum Gasteiger partial charge on any atom is -0.497 e. The lowest BCUT2D eigenvalue weighted by atomic mass is 10.2. The fourth-order valence-electron chi connectivity index (χ4n) is 3.01. The van der Waals surface area contributed by atoms with Crippen molar-refractivity contribution in [1.29, 1.82) is 0 Å². The maximum absolute atomic E-state index is 12.8. The number of nitrogens with zero attached hydrogens (tertiary/aromatic N) is 3. The molecule has 3 aromatic carbocycles. The van der Waals surface area contributed by atoms with Gasteiger partial charge in [-0.15, -0.1) is 5.10 Å². The number of ether oxygens (including phenoxy) is 1. The Morgan fingerprint density at radius 2 is 1.77 bits per heavy atom. The van der Waals surface area contributed by atoms with Gasteiger partial charge in [0.25, 0.3) is 5.91 Å². The van der Waals surface area contributed by atoms with Crippen molar-refractivity contribution in [1.82, 2.24) is 14.8 Å². The number of anilines is 1. The Bertz CT molecular complexity index is 1180. The van der Waals surface area contributed by atoms with Crippen LogP contribution in [0, 0.1) is 6.92 Å². The summed E-state index contributed by atoms with van der Waals surface area (Å²) in [6, 6.07) is 22.2. The third kappa shape index (κ3) is 4.18. The Balaban J connectivity index is 1.74. The molecule has 30 heavy (non-hydrogen) atoms. The second-order valence-electron chi connectivity index (χ2n) is 6.70. The van der Waals surface area contributed by atoms with Crippen molar-refractivity contribution in [3.63, 3.8) is 0 Å². The lowest BCUT2D eigenvalue weighted by Crippen LogP contribution is -2.14. The van der Waals surface area contributed by atoms with E-state index >= 15 is 0 Å². The van der Waals surface area contributed by atoms with Crippen molar-refractivity contribution in [2.75, 3.05) is 12.4 Å². The van der Waals surface area contributed by atoms with Gasteiger partial charge in [0, 0.05) is 16.3 Å². The van der Waals surface area contributed by atoms with Gasteiger partial charge in [-0.2, -0.15) is 0 Å². The van der Waals surface area contributed by atoms with Gasteiger partial charge in [-0.05, 0) is 73.2 Å². The third-order valence-electron chi connectivity index (χ3n) is 4.51. The number of aryl methyl sites for hydroxylation is 1. The van der Waals surface area contributed by atoms with Crippen molar-refractivity contribution in [2.24, 2.45) is 0 Å². The highest BCUT2D eigenvalue weighted by atomic mass is 35.5. The zero-order valence-electron chi connectivity index (χ0n) is 16.5. The number of rotatable bonds is 5. The van der Waals surface area contributed by atoms with E-state index in [9.17, 15) is 4.79 Å². The lowest BCUT2D eigenvalue weighted by molar-refractivity contribution is 0.101. The van der Waals surface area contributed by atoms with E-state index in [1.165, 1.54) is 0 Å². The first-order valence-corrected chi connectivity index (χ1v) is 9.67. The molecule has 0 fully saturated rings. The number of carbonyl (C=O) groups excluding carboxylic acids is 1. The van der Waals surface area contributed by atoms with E-state index in [-0.39, 0.29) is 11.7 Å². The molecule has 0 saturated heterocycles. The Morgan fingerprint density at radius 3 is 2.43 bits per heavy atom. The molecule has 1 aromatic heterocycles. The van der Waals surface area contributed by atoms with Gasteiger partial charge in [0.15, 0.2) is 5.82 Å². The first-order valence-electron chi connectivity index (χ1n) is 9.29. The summed E-state index contributed by atoms with van der Waals surface area (Å²) in [6.45, 7) is 1.96. The van der Waals surface area contributed by atoms with Crippen LogP contribution in [0.2, 0.25) is 5.02 Å². The van der Waals surface area contributed by atoms with Gasteiger partial charge in [-0.3, -0.25) is 4.79 Å². The zero-order valence-corrected chi connectivity index (χ0v) is 17.2. The van der Waals surface area contributed by atoms with Crippen LogP contribution in [0.3, 0.4) is 0 Å². The molecule has 0 spiro atoms. The Labute approximate surface area is 179 Å². The first kappa shape index (κ1) is 19.7. The highest BCUT2D eigenvalue weighted by Crippen LogP contribution is 2.24. The van der Waals surface area contributed by atoms with Crippen molar-refractivity contribution < 1.29 is 9.53 Å². The molecule has 0 radical (unpaired) electrons. The van der Waals surface area contributed by atoms with Crippen LogP contribution in [0.25, 0.3) is 17.1 Å².